The molecule has 0 saturated carbocycles. The molecule has 0 aromatic heterocycles. The monoisotopic (exact) mass is 269 g/mol. The fraction of sp³-hybridized carbons (Fsp3) is 0.200. The van der Waals surface area contributed by atoms with E-state index < -0.39 is 25.0 Å². The summed E-state index contributed by atoms with van der Waals surface area (Å²) < 4.78 is 0. The Balaban J connectivity index is 0. The van der Waals surface area contributed by atoms with Gasteiger partial charge >= 0.3 is 59.1 Å². The van der Waals surface area contributed by atoms with Crippen molar-refractivity contribution in [2.24, 2.45) is 0 Å². The van der Waals surface area contributed by atoms with Crippen LogP contribution in [0.4, 0.5) is 5.69 Å². The maximum atomic E-state index is 10.4. The summed E-state index contributed by atoms with van der Waals surface area (Å²) in [6.45, 7) is -1.17. The molecule has 1 aromatic rings. The summed E-state index contributed by atoms with van der Waals surface area (Å²) in [5.74, 6) is -2.91. The van der Waals surface area contributed by atoms with Gasteiger partial charge < -0.3 is 29.8 Å². The van der Waals surface area contributed by atoms with E-state index in [1.54, 1.807) is 0 Å². The number of anilines is 1. The van der Waals surface area contributed by atoms with Crippen molar-refractivity contribution in [3.63, 3.8) is 0 Å². The van der Waals surface area contributed by atoms with Gasteiger partial charge in [0.1, 0.15) is 5.75 Å². The summed E-state index contributed by atoms with van der Waals surface area (Å²) in [5.41, 5.74) is 0.272. The number of carbonyl (C=O) groups excluding carboxylic acids is 2. The Labute approximate surface area is 148 Å². The van der Waals surface area contributed by atoms with Crippen molar-refractivity contribution in [1.82, 2.24) is 0 Å². The molecule has 18 heavy (non-hydrogen) atoms. The van der Waals surface area contributed by atoms with E-state index in [-0.39, 0.29) is 70.6 Å². The maximum absolute atomic E-state index is 10.4. The summed E-state index contributed by atoms with van der Waals surface area (Å²) in [7, 11) is 0. The van der Waals surface area contributed by atoms with Crippen molar-refractivity contribution < 1.29 is 84.0 Å². The summed E-state index contributed by atoms with van der Waals surface area (Å²) in [5, 5.41) is 30.0. The second-order valence-electron chi connectivity index (χ2n) is 3.12. The fourth-order valence-electron chi connectivity index (χ4n) is 1.24. The topological polar surface area (TPSA) is 104 Å². The first-order chi connectivity index (χ1) is 7.49. The van der Waals surface area contributed by atoms with E-state index in [1.807, 2.05) is 0 Å². The molecule has 0 fully saturated rings. The molecule has 0 bridgehead atoms. The molecule has 1 N–H and O–H groups in total. The average Bonchev–Trinajstić information content (AvgIpc) is 2.15. The Morgan fingerprint density at radius 1 is 1.11 bits per heavy atom. The van der Waals surface area contributed by atoms with Crippen molar-refractivity contribution in [3.05, 3.63) is 24.3 Å². The van der Waals surface area contributed by atoms with E-state index in [2.05, 4.69) is 0 Å². The van der Waals surface area contributed by atoms with Crippen LogP contribution in [0.25, 0.3) is 0 Å². The van der Waals surface area contributed by atoms with Crippen LogP contribution < -0.4 is 74.2 Å². The molecular formula is C10H9NNa2O5. The number of aromatic hydroxyl groups is 1. The van der Waals surface area contributed by atoms with Crippen LogP contribution in [0.3, 0.4) is 0 Å². The van der Waals surface area contributed by atoms with Crippen molar-refractivity contribution in [2.75, 3.05) is 18.0 Å². The Morgan fingerprint density at radius 3 is 2.00 bits per heavy atom. The van der Waals surface area contributed by atoms with Crippen LogP contribution in [-0.2, 0) is 9.59 Å². The van der Waals surface area contributed by atoms with E-state index in [0.29, 0.717) is 0 Å². The SMILES string of the molecule is O=C([O-])CN(CC(=O)[O-])c1cccc(O)c1.[Na+].[Na+]. The van der Waals surface area contributed by atoms with E-state index in [9.17, 15) is 24.9 Å². The third-order valence-electron chi connectivity index (χ3n) is 1.83. The Morgan fingerprint density at radius 2 is 1.61 bits per heavy atom. The van der Waals surface area contributed by atoms with Crippen LogP contribution in [0, 0.1) is 0 Å². The number of nitrogens with zero attached hydrogens (tertiary/aromatic N) is 1. The number of carboxylic acid groups (broad SMARTS) is 2. The largest absolute Gasteiger partial charge is 1.00 e. The zero-order valence-corrected chi connectivity index (χ0v) is 14.3. The minimum absolute atomic E-state index is 0. The summed E-state index contributed by atoms with van der Waals surface area (Å²) in [6.07, 6.45) is 0. The third-order valence-corrected chi connectivity index (χ3v) is 1.83. The molecule has 0 atom stereocenters. The first kappa shape index (κ1) is 20.1. The number of phenols is 1. The number of carboxylic acids is 2. The van der Waals surface area contributed by atoms with Crippen LogP contribution >= 0.6 is 0 Å². The number of phenolic OH excluding ortho intramolecular Hbond substituents is 1. The maximum Gasteiger partial charge on any atom is 1.00 e. The normalized spacial score (nSPS) is 8.67. The van der Waals surface area contributed by atoms with Gasteiger partial charge in [-0.05, 0) is 12.1 Å². The van der Waals surface area contributed by atoms with Crippen LogP contribution in [0.2, 0.25) is 0 Å². The summed E-state index contributed by atoms with van der Waals surface area (Å²) in [6, 6.07) is 5.60. The zero-order chi connectivity index (χ0) is 12.1. The van der Waals surface area contributed by atoms with Gasteiger partial charge in [0.25, 0.3) is 0 Å². The molecule has 0 heterocycles. The predicted molar refractivity (Wildman–Crippen MR) is 50.3 cm³/mol. The molecule has 0 aliphatic carbocycles. The fourth-order valence-corrected chi connectivity index (χ4v) is 1.24. The van der Waals surface area contributed by atoms with Crippen LogP contribution in [0.5, 0.6) is 5.75 Å². The standard InChI is InChI=1S/C10H11NO5.2Na/c12-8-3-1-2-7(4-8)11(5-9(13)14)6-10(15)16;;/h1-4,12H,5-6H2,(H,13,14)(H,15,16);;/q;2*+1/p-2. The Kier molecular flexibility index (Phi) is 10.8. The predicted octanol–water partition coefficient (Wildman–Crippen LogP) is -8.29. The molecule has 86 valence electrons. The third kappa shape index (κ3) is 7.25. The second kappa shape index (κ2) is 9.66. The molecule has 1 aromatic carbocycles. The molecule has 0 amide bonds. The molecule has 0 spiro atoms. The van der Waals surface area contributed by atoms with Crippen molar-refractivity contribution in [1.29, 1.82) is 0 Å². The van der Waals surface area contributed by atoms with Gasteiger partial charge in [0.05, 0.1) is 25.0 Å². The first-order valence-corrected chi connectivity index (χ1v) is 4.42. The summed E-state index contributed by atoms with van der Waals surface area (Å²) >= 11 is 0. The van der Waals surface area contributed by atoms with Crippen LogP contribution in [-0.4, -0.2) is 30.1 Å². The Hall–Kier alpha value is -0.240. The molecule has 0 aliphatic heterocycles. The van der Waals surface area contributed by atoms with E-state index in [4.69, 9.17) is 0 Å². The number of hydrogen-bond acceptors (Lipinski definition) is 6. The van der Waals surface area contributed by atoms with Gasteiger partial charge in [0.15, 0.2) is 0 Å². The zero-order valence-electron chi connectivity index (χ0n) is 10.3. The molecule has 6 nitrogen and oxygen atoms in total. The van der Waals surface area contributed by atoms with E-state index in [0.717, 1.165) is 4.90 Å². The average molecular weight is 269 g/mol. The molecule has 8 heteroatoms. The van der Waals surface area contributed by atoms with Gasteiger partial charge in [-0.3, -0.25) is 0 Å². The number of hydrogen-bond donors (Lipinski definition) is 1. The number of rotatable bonds is 5. The van der Waals surface area contributed by atoms with Crippen molar-refractivity contribution in [2.45, 2.75) is 0 Å². The molecule has 0 radical (unpaired) electrons. The second-order valence-corrected chi connectivity index (χ2v) is 3.12. The van der Waals surface area contributed by atoms with Gasteiger partial charge in [-0.2, -0.15) is 0 Å². The van der Waals surface area contributed by atoms with E-state index >= 15 is 0 Å². The van der Waals surface area contributed by atoms with Crippen molar-refractivity contribution >= 4 is 17.6 Å². The van der Waals surface area contributed by atoms with Gasteiger partial charge in [-0.15, -0.1) is 0 Å². The van der Waals surface area contributed by atoms with Crippen LogP contribution in [0.1, 0.15) is 0 Å². The Bertz CT molecular complexity index is 397. The summed E-state index contributed by atoms with van der Waals surface area (Å²) in [4.78, 5) is 21.9. The van der Waals surface area contributed by atoms with Gasteiger partial charge in [-0.25, -0.2) is 0 Å². The van der Waals surface area contributed by atoms with E-state index in [1.165, 1.54) is 24.3 Å². The van der Waals surface area contributed by atoms with Crippen LogP contribution in [0.15, 0.2) is 24.3 Å². The smallest absolute Gasteiger partial charge is 0.548 e. The first-order valence-electron chi connectivity index (χ1n) is 4.42. The number of carbonyl (C=O) groups is 2. The van der Waals surface area contributed by atoms with Crippen molar-refractivity contribution in [3.8, 4) is 5.75 Å². The van der Waals surface area contributed by atoms with Gasteiger partial charge in [0, 0.05) is 11.8 Å². The molecule has 0 unspecified atom stereocenters. The minimum atomic E-state index is -1.41. The molecule has 1 rings (SSSR count). The van der Waals surface area contributed by atoms with Gasteiger partial charge in [0.2, 0.25) is 0 Å². The molecule has 0 saturated heterocycles. The molecular weight excluding hydrogens is 260 g/mol. The minimum Gasteiger partial charge on any atom is -0.548 e. The quantitative estimate of drug-likeness (QED) is 0.532. The molecule has 0 aliphatic rings. The number of aliphatic carboxylic acids is 2. The van der Waals surface area contributed by atoms with Gasteiger partial charge in [-0.1, -0.05) is 6.07 Å². The number of benzene rings is 1.